The Morgan fingerprint density at radius 1 is 1.40 bits per heavy atom. The summed E-state index contributed by atoms with van der Waals surface area (Å²) >= 11 is 3.37. The van der Waals surface area contributed by atoms with Gasteiger partial charge in [-0.15, -0.1) is 0 Å². The number of nitrogens with zero attached hydrogens (tertiary/aromatic N) is 1. The minimum atomic E-state index is -0.0919. The fraction of sp³-hybridized carbons (Fsp3) is 0.500. The van der Waals surface area contributed by atoms with E-state index in [1.54, 1.807) is 37.3 Å². The monoisotopic (exact) mass is 344 g/mol. The van der Waals surface area contributed by atoms with Crippen LogP contribution in [-0.4, -0.2) is 50.8 Å². The number of carbonyl (C=O) groups is 1. The van der Waals surface area contributed by atoms with Gasteiger partial charge in [0.2, 0.25) is 0 Å². The van der Waals surface area contributed by atoms with E-state index in [9.17, 15) is 4.79 Å². The van der Waals surface area contributed by atoms with Crippen molar-refractivity contribution in [3.63, 3.8) is 0 Å². The normalized spacial score (nSPS) is 12.2. The zero-order valence-corrected chi connectivity index (χ0v) is 13.6. The number of hydrogen-bond acceptors (Lipinski definition) is 4. The third-order valence-electron chi connectivity index (χ3n) is 3.00. The fourth-order valence-corrected chi connectivity index (χ4v) is 2.35. The molecule has 1 atom stereocenters. The molecule has 0 aliphatic rings. The third-order valence-corrected chi connectivity index (χ3v) is 3.88. The second-order valence-corrected chi connectivity index (χ2v) is 5.30. The van der Waals surface area contributed by atoms with Gasteiger partial charge in [-0.05, 0) is 35.0 Å². The standard InChI is InChI=1S/C14H21BrN2O3/c1-10(9-20-3)17(7-8-19-2)14(18)11-5-4-6-12(16)13(11)15/h4-6,10H,7-9,16H2,1-3H3. The Kier molecular flexibility index (Phi) is 6.98. The summed E-state index contributed by atoms with van der Waals surface area (Å²) < 4.78 is 10.8. The van der Waals surface area contributed by atoms with Gasteiger partial charge in [-0.3, -0.25) is 4.79 Å². The molecule has 0 aromatic heterocycles. The average molecular weight is 345 g/mol. The van der Waals surface area contributed by atoms with Crippen molar-refractivity contribution in [3.05, 3.63) is 28.2 Å². The summed E-state index contributed by atoms with van der Waals surface area (Å²) in [7, 11) is 3.23. The molecule has 5 nitrogen and oxygen atoms in total. The summed E-state index contributed by atoms with van der Waals surface area (Å²) in [6.45, 7) is 3.38. The largest absolute Gasteiger partial charge is 0.398 e. The first-order chi connectivity index (χ1) is 9.52. The van der Waals surface area contributed by atoms with Gasteiger partial charge in [-0.25, -0.2) is 0 Å². The lowest BCUT2D eigenvalue weighted by Gasteiger charge is -2.29. The number of anilines is 1. The predicted octanol–water partition coefficient (Wildman–Crippen LogP) is 2.15. The molecule has 0 aliphatic heterocycles. The molecule has 112 valence electrons. The number of methoxy groups -OCH3 is 2. The van der Waals surface area contributed by atoms with Gasteiger partial charge in [0.15, 0.2) is 0 Å². The first-order valence-electron chi connectivity index (χ1n) is 6.35. The Bertz CT molecular complexity index is 454. The number of nitrogen functional groups attached to an aromatic ring is 1. The summed E-state index contributed by atoms with van der Waals surface area (Å²) in [6, 6.07) is 5.22. The van der Waals surface area contributed by atoms with Crippen molar-refractivity contribution in [1.29, 1.82) is 0 Å². The van der Waals surface area contributed by atoms with Crippen molar-refractivity contribution in [2.45, 2.75) is 13.0 Å². The molecule has 0 aliphatic carbocycles. The number of nitrogens with two attached hydrogens (primary N) is 1. The average Bonchev–Trinajstić information content (AvgIpc) is 2.42. The van der Waals surface area contributed by atoms with Crippen LogP contribution >= 0.6 is 15.9 Å². The van der Waals surface area contributed by atoms with Crippen molar-refractivity contribution >= 4 is 27.5 Å². The molecule has 0 spiro atoms. The molecule has 6 heteroatoms. The molecule has 1 amide bonds. The zero-order chi connectivity index (χ0) is 15.1. The minimum Gasteiger partial charge on any atom is -0.398 e. The lowest BCUT2D eigenvalue weighted by atomic mass is 10.1. The maximum Gasteiger partial charge on any atom is 0.255 e. The van der Waals surface area contributed by atoms with Crippen LogP contribution in [0.25, 0.3) is 0 Å². The summed E-state index contributed by atoms with van der Waals surface area (Å²) in [5.74, 6) is -0.0919. The molecule has 1 rings (SSSR count). The van der Waals surface area contributed by atoms with Crippen molar-refractivity contribution in [2.24, 2.45) is 0 Å². The van der Waals surface area contributed by atoms with Crippen LogP contribution in [0.1, 0.15) is 17.3 Å². The topological polar surface area (TPSA) is 64.8 Å². The van der Waals surface area contributed by atoms with E-state index in [-0.39, 0.29) is 11.9 Å². The van der Waals surface area contributed by atoms with Crippen molar-refractivity contribution in [3.8, 4) is 0 Å². The predicted molar refractivity (Wildman–Crippen MR) is 82.8 cm³/mol. The van der Waals surface area contributed by atoms with Gasteiger partial charge in [0.25, 0.3) is 5.91 Å². The maximum atomic E-state index is 12.7. The van der Waals surface area contributed by atoms with Crippen LogP contribution in [0.4, 0.5) is 5.69 Å². The van der Waals surface area contributed by atoms with Gasteiger partial charge in [0, 0.05) is 26.5 Å². The fourth-order valence-electron chi connectivity index (χ4n) is 1.91. The van der Waals surface area contributed by atoms with Crippen LogP contribution in [0.3, 0.4) is 0 Å². The van der Waals surface area contributed by atoms with E-state index in [0.717, 1.165) is 0 Å². The van der Waals surface area contributed by atoms with Crippen LogP contribution in [0.5, 0.6) is 0 Å². The van der Waals surface area contributed by atoms with Gasteiger partial charge in [0.05, 0.1) is 29.3 Å². The summed E-state index contributed by atoms with van der Waals surface area (Å²) in [5.41, 5.74) is 6.92. The lowest BCUT2D eigenvalue weighted by Crippen LogP contribution is -2.43. The summed E-state index contributed by atoms with van der Waals surface area (Å²) in [6.07, 6.45) is 0. The second kappa shape index (κ2) is 8.24. The Hall–Kier alpha value is -1.11. The number of rotatable bonds is 7. The Morgan fingerprint density at radius 2 is 2.10 bits per heavy atom. The van der Waals surface area contributed by atoms with Gasteiger partial charge >= 0.3 is 0 Å². The first-order valence-corrected chi connectivity index (χ1v) is 7.15. The highest BCUT2D eigenvalue weighted by atomic mass is 79.9. The molecule has 0 saturated heterocycles. The van der Waals surface area contributed by atoms with Crippen LogP contribution in [0.2, 0.25) is 0 Å². The molecule has 0 radical (unpaired) electrons. The molecule has 0 heterocycles. The summed E-state index contributed by atoms with van der Waals surface area (Å²) in [5, 5.41) is 0. The van der Waals surface area contributed by atoms with Crippen molar-refractivity contribution < 1.29 is 14.3 Å². The van der Waals surface area contributed by atoms with Crippen LogP contribution in [-0.2, 0) is 9.47 Å². The molecule has 0 fully saturated rings. The van der Waals surface area contributed by atoms with E-state index >= 15 is 0 Å². The second-order valence-electron chi connectivity index (χ2n) is 4.50. The molecule has 20 heavy (non-hydrogen) atoms. The molecule has 0 bridgehead atoms. The highest BCUT2D eigenvalue weighted by Crippen LogP contribution is 2.25. The third kappa shape index (κ3) is 4.19. The minimum absolute atomic E-state index is 0.0454. The highest BCUT2D eigenvalue weighted by molar-refractivity contribution is 9.10. The van der Waals surface area contributed by atoms with E-state index in [4.69, 9.17) is 15.2 Å². The Morgan fingerprint density at radius 3 is 2.70 bits per heavy atom. The number of amides is 1. The van der Waals surface area contributed by atoms with Crippen LogP contribution in [0, 0.1) is 0 Å². The number of ether oxygens (including phenoxy) is 2. The molecular weight excluding hydrogens is 324 g/mol. The maximum absolute atomic E-state index is 12.7. The zero-order valence-electron chi connectivity index (χ0n) is 12.1. The van der Waals surface area contributed by atoms with Crippen molar-refractivity contribution in [1.82, 2.24) is 4.90 Å². The number of benzene rings is 1. The Labute approximate surface area is 128 Å². The smallest absolute Gasteiger partial charge is 0.255 e. The number of carbonyl (C=O) groups excluding carboxylic acids is 1. The van der Waals surface area contributed by atoms with Gasteiger partial charge in [-0.2, -0.15) is 0 Å². The van der Waals surface area contributed by atoms with Gasteiger partial charge < -0.3 is 20.1 Å². The Balaban J connectivity index is 2.99. The van der Waals surface area contributed by atoms with E-state index in [1.807, 2.05) is 6.92 Å². The van der Waals surface area contributed by atoms with E-state index < -0.39 is 0 Å². The van der Waals surface area contributed by atoms with Crippen LogP contribution < -0.4 is 5.73 Å². The molecule has 1 unspecified atom stereocenters. The van der Waals surface area contributed by atoms with Gasteiger partial charge in [-0.1, -0.05) is 6.07 Å². The quantitative estimate of drug-likeness (QED) is 0.769. The molecule has 2 N–H and O–H groups in total. The van der Waals surface area contributed by atoms with Crippen LogP contribution in [0.15, 0.2) is 22.7 Å². The van der Waals surface area contributed by atoms with E-state index in [2.05, 4.69) is 15.9 Å². The van der Waals surface area contributed by atoms with E-state index in [0.29, 0.717) is 35.5 Å². The molecule has 0 saturated carbocycles. The SMILES string of the molecule is COCCN(C(=O)c1cccc(N)c1Br)C(C)COC. The van der Waals surface area contributed by atoms with Crippen molar-refractivity contribution in [2.75, 3.05) is 39.7 Å². The molecule has 1 aromatic carbocycles. The lowest BCUT2D eigenvalue weighted by molar-refractivity contribution is 0.0479. The molecular formula is C14H21BrN2O3. The highest BCUT2D eigenvalue weighted by Gasteiger charge is 2.23. The van der Waals surface area contributed by atoms with Gasteiger partial charge in [0.1, 0.15) is 0 Å². The molecule has 1 aromatic rings. The number of hydrogen-bond donors (Lipinski definition) is 1. The van der Waals surface area contributed by atoms with E-state index in [1.165, 1.54) is 0 Å². The number of halogens is 1. The summed E-state index contributed by atoms with van der Waals surface area (Å²) in [4.78, 5) is 14.4. The first kappa shape index (κ1) is 16.9.